The van der Waals surface area contributed by atoms with E-state index in [1.54, 1.807) is 44.0 Å². The Morgan fingerprint density at radius 3 is 2.68 bits per heavy atom. The molecule has 2 aromatic heterocycles. The van der Waals surface area contributed by atoms with Crippen molar-refractivity contribution >= 4 is 5.91 Å². The molecular weight excluding hydrogens is 320 g/mol. The number of hydrogen-bond donors (Lipinski definition) is 1. The summed E-state index contributed by atoms with van der Waals surface area (Å²) in [4.78, 5) is 16.8. The molecule has 2 heterocycles. The first-order chi connectivity index (χ1) is 12.2. The molecule has 1 amide bonds. The zero-order chi connectivity index (χ0) is 17.6. The molecule has 0 aliphatic carbocycles. The third kappa shape index (κ3) is 3.80. The summed E-state index contributed by atoms with van der Waals surface area (Å²) in [7, 11) is 3.08. The maximum atomic E-state index is 12.4. The van der Waals surface area contributed by atoms with E-state index in [-0.39, 0.29) is 5.91 Å². The number of aromatic nitrogens is 1. The Bertz CT molecular complexity index is 842. The quantitative estimate of drug-likeness (QED) is 0.746. The normalized spacial score (nSPS) is 10.3. The summed E-state index contributed by atoms with van der Waals surface area (Å²) >= 11 is 0. The molecule has 6 nitrogen and oxygen atoms in total. The summed E-state index contributed by atoms with van der Waals surface area (Å²) in [6.45, 7) is 0.368. The Balaban J connectivity index is 1.66. The molecule has 0 radical (unpaired) electrons. The average Bonchev–Trinajstić information content (AvgIpc) is 3.20. The predicted octanol–water partition coefficient (Wildman–Crippen LogP) is 3.29. The lowest BCUT2D eigenvalue weighted by atomic mass is 10.1. The molecule has 0 spiro atoms. The fraction of sp³-hybridized carbons (Fsp3) is 0.158. The molecule has 0 saturated heterocycles. The fourth-order valence-corrected chi connectivity index (χ4v) is 2.37. The number of benzene rings is 1. The topological polar surface area (TPSA) is 73.6 Å². The molecule has 6 heteroatoms. The first-order valence-electron chi connectivity index (χ1n) is 7.69. The number of rotatable bonds is 6. The molecule has 128 valence electrons. The van der Waals surface area contributed by atoms with E-state index in [1.165, 1.54) is 7.11 Å². The van der Waals surface area contributed by atoms with E-state index in [2.05, 4.69) is 10.3 Å². The van der Waals surface area contributed by atoms with Gasteiger partial charge < -0.3 is 19.2 Å². The molecule has 0 bridgehead atoms. The molecule has 25 heavy (non-hydrogen) atoms. The Morgan fingerprint density at radius 1 is 1.16 bits per heavy atom. The molecule has 1 aromatic carbocycles. The summed E-state index contributed by atoms with van der Waals surface area (Å²) in [5.41, 5.74) is 3.08. The van der Waals surface area contributed by atoms with Gasteiger partial charge in [0.15, 0.2) is 0 Å². The van der Waals surface area contributed by atoms with Gasteiger partial charge in [0.25, 0.3) is 5.91 Å². The summed E-state index contributed by atoms with van der Waals surface area (Å²) in [6.07, 6.45) is 4.97. The lowest BCUT2D eigenvalue weighted by Crippen LogP contribution is -2.23. The van der Waals surface area contributed by atoms with Crippen molar-refractivity contribution in [1.29, 1.82) is 0 Å². The minimum Gasteiger partial charge on any atom is -0.497 e. The number of ether oxygens (including phenoxy) is 2. The van der Waals surface area contributed by atoms with Crippen LogP contribution in [0.4, 0.5) is 0 Å². The maximum absolute atomic E-state index is 12.4. The van der Waals surface area contributed by atoms with Crippen molar-refractivity contribution in [2.75, 3.05) is 14.2 Å². The van der Waals surface area contributed by atoms with Crippen LogP contribution < -0.4 is 14.8 Å². The lowest BCUT2D eigenvalue weighted by Gasteiger charge is -2.11. The highest BCUT2D eigenvalue weighted by molar-refractivity contribution is 5.97. The van der Waals surface area contributed by atoms with Crippen LogP contribution in [0.15, 0.2) is 59.5 Å². The standard InChI is InChI=1S/C19H18N2O4/c1-23-15-4-5-16(18(9-15)24-2)19(22)21-11-13-3-6-17(20-10-13)14-7-8-25-12-14/h3-10,12H,11H2,1-2H3,(H,21,22). The molecule has 0 unspecified atom stereocenters. The summed E-state index contributed by atoms with van der Waals surface area (Å²) < 4.78 is 15.4. The number of carbonyl (C=O) groups is 1. The van der Waals surface area contributed by atoms with Gasteiger partial charge >= 0.3 is 0 Å². The second kappa shape index (κ2) is 7.53. The van der Waals surface area contributed by atoms with Gasteiger partial charge in [0.2, 0.25) is 0 Å². The minimum absolute atomic E-state index is 0.224. The van der Waals surface area contributed by atoms with Crippen LogP contribution in [0.1, 0.15) is 15.9 Å². The number of nitrogens with zero attached hydrogens (tertiary/aromatic N) is 1. The fourth-order valence-electron chi connectivity index (χ4n) is 2.37. The van der Waals surface area contributed by atoms with Crippen molar-refractivity contribution in [3.63, 3.8) is 0 Å². The van der Waals surface area contributed by atoms with Crippen molar-refractivity contribution in [2.45, 2.75) is 6.54 Å². The first kappa shape index (κ1) is 16.6. The molecule has 0 fully saturated rings. The highest BCUT2D eigenvalue weighted by Crippen LogP contribution is 2.24. The first-order valence-corrected chi connectivity index (χ1v) is 7.69. The van der Waals surface area contributed by atoms with E-state index in [0.717, 1.165) is 16.8 Å². The van der Waals surface area contributed by atoms with E-state index in [4.69, 9.17) is 13.9 Å². The van der Waals surface area contributed by atoms with Gasteiger partial charge in [-0.15, -0.1) is 0 Å². The number of hydrogen-bond acceptors (Lipinski definition) is 5. The molecule has 1 N–H and O–H groups in total. The van der Waals surface area contributed by atoms with Gasteiger partial charge in [-0.2, -0.15) is 0 Å². The van der Waals surface area contributed by atoms with Gasteiger partial charge in [-0.05, 0) is 29.8 Å². The summed E-state index contributed by atoms with van der Waals surface area (Å²) in [5, 5.41) is 2.86. The SMILES string of the molecule is COc1ccc(C(=O)NCc2ccc(-c3ccoc3)nc2)c(OC)c1. The third-order valence-electron chi connectivity index (χ3n) is 3.75. The third-order valence-corrected chi connectivity index (χ3v) is 3.75. The van der Waals surface area contributed by atoms with Crippen LogP contribution >= 0.6 is 0 Å². The molecule has 0 saturated carbocycles. The van der Waals surface area contributed by atoms with Gasteiger partial charge in [-0.3, -0.25) is 9.78 Å². The Kier molecular flexibility index (Phi) is 4.99. The van der Waals surface area contributed by atoms with Crippen molar-refractivity contribution in [3.05, 3.63) is 66.2 Å². The van der Waals surface area contributed by atoms with E-state index >= 15 is 0 Å². The zero-order valence-electron chi connectivity index (χ0n) is 14.0. The van der Waals surface area contributed by atoms with Gasteiger partial charge in [-0.25, -0.2) is 0 Å². The minimum atomic E-state index is -0.224. The summed E-state index contributed by atoms with van der Waals surface area (Å²) in [5.74, 6) is 0.871. The van der Waals surface area contributed by atoms with Crippen LogP contribution in [0.5, 0.6) is 11.5 Å². The number of furan rings is 1. The smallest absolute Gasteiger partial charge is 0.255 e. The van der Waals surface area contributed by atoms with Crippen molar-refractivity contribution in [3.8, 4) is 22.8 Å². The highest BCUT2D eigenvalue weighted by Gasteiger charge is 2.13. The van der Waals surface area contributed by atoms with E-state index in [0.29, 0.717) is 23.6 Å². The Labute approximate surface area is 145 Å². The Hall–Kier alpha value is -3.28. The number of carbonyl (C=O) groups excluding carboxylic acids is 1. The zero-order valence-corrected chi connectivity index (χ0v) is 14.0. The number of methoxy groups -OCH3 is 2. The largest absolute Gasteiger partial charge is 0.497 e. The lowest BCUT2D eigenvalue weighted by molar-refractivity contribution is 0.0948. The second-order valence-electron chi connectivity index (χ2n) is 5.31. The monoisotopic (exact) mass is 338 g/mol. The maximum Gasteiger partial charge on any atom is 0.255 e. The van der Waals surface area contributed by atoms with Crippen LogP contribution in [0.25, 0.3) is 11.3 Å². The van der Waals surface area contributed by atoms with Gasteiger partial charge in [0, 0.05) is 24.4 Å². The van der Waals surface area contributed by atoms with Gasteiger partial charge in [-0.1, -0.05) is 6.07 Å². The van der Waals surface area contributed by atoms with Crippen molar-refractivity contribution in [1.82, 2.24) is 10.3 Å². The Morgan fingerprint density at radius 2 is 2.04 bits per heavy atom. The molecule has 3 aromatic rings. The van der Waals surface area contributed by atoms with Crippen LogP contribution in [0.3, 0.4) is 0 Å². The highest BCUT2D eigenvalue weighted by atomic mass is 16.5. The van der Waals surface area contributed by atoms with E-state index < -0.39 is 0 Å². The molecular formula is C19H18N2O4. The number of nitrogens with one attached hydrogen (secondary N) is 1. The molecule has 0 aliphatic heterocycles. The number of amides is 1. The van der Waals surface area contributed by atoms with Crippen LogP contribution in [0, 0.1) is 0 Å². The average molecular weight is 338 g/mol. The van der Waals surface area contributed by atoms with Crippen LogP contribution in [0.2, 0.25) is 0 Å². The second-order valence-corrected chi connectivity index (χ2v) is 5.31. The van der Waals surface area contributed by atoms with Crippen LogP contribution in [-0.2, 0) is 6.54 Å². The molecule has 0 atom stereocenters. The van der Waals surface area contributed by atoms with Gasteiger partial charge in [0.05, 0.1) is 38.0 Å². The van der Waals surface area contributed by atoms with Crippen molar-refractivity contribution < 1.29 is 18.7 Å². The van der Waals surface area contributed by atoms with E-state index in [1.807, 2.05) is 18.2 Å². The molecule has 0 aliphatic rings. The summed E-state index contributed by atoms with van der Waals surface area (Å²) in [6, 6.07) is 10.7. The van der Waals surface area contributed by atoms with Crippen molar-refractivity contribution in [2.24, 2.45) is 0 Å². The predicted molar refractivity (Wildman–Crippen MR) is 92.7 cm³/mol. The van der Waals surface area contributed by atoms with Gasteiger partial charge in [0.1, 0.15) is 11.5 Å². The van der Waals surface area contributed by atoms with E-state index in [9.17, 15) is 4.79 Å². The number of pyridine rings is 1. The van der Waals surface area contributed by atoms with Crippen LogP contribution in [-0.4, -0.2) is 25.1 Å². The molecule has 3 rings (SSSR count).